The van der Waals surface area contributed by atoms with Crippen LogP contribution in [0, 0.1) is 0 Å². The smallest absolute Gasteiger partial charge is 0.306 e. The first kappa shape index (κ1) is 35.3. The summed E-state index contributed by atoms with van der Waals surface area (Å²) in [5, 5.41) is 7.84. The molecule has 0 aliphatic rings. The molecule has 12 rings (SSSR count). The first-order chi connectivity index (χ1) is 29.0. The zero-order chi connectivity index (χ0) is 40.7. The van der Waals surface area contributed by atoms with Gasteiger partial charge in [0.2, 0.25) is 0 Å². The summed E-state index contributed by atoms with van der Waals surface area (Å²) < 4.78 is 95.7. The van der Waals surface area contributed by atoms with Gasteiger partial charge >= 0.3 is 12.4 Å². The standard InChI is InChI=1S/C49H25F6N3S2/c50-48(51,52)27-21-26(22-28(23-27)49(53,54)55)37-24-43(58-39-14-6-2-10-30(39)34-18-20-36-32-12-4-8-16-42(32)60-47(36)45(34)58)56-25-40(37)57-38-13-5-1-9-29(38)33-17-19-35-31-11-3-7-15-41(31)59-46(35)44(33)57/h1-25H. The minimum atomic E-state index is -5.05. The Hall–Kier alpha value is -6.69. The van der Waals surface area contributed by atoms with Gasteiger partial charge in [-0.1, -0.05) is 97.1 Å². The highest BCUT2D eigenvalue weighted by molar-refractivity contribution is 7.27. The second-order valence-electron chi connectivity index (χ2n) is 14.9. The zero-order valence-electron chi connectivity index (χ0n) is 30.9. The van der Waals surface area contributed by atoms with Crippen molar-refractivity contribution >= 4 is 107 Å². The van der Waals surface area contributed by atoms with Crippen LogP contribution in [-0.4, -0.2) is 14.1 Å². The minimum Gasteiger partial charge on any atom is -0.306 e. The Morgan fingerprint density at radius 2 is 0.883 bits per heavy atom. The van der Waals surface area contributed by atoms with Crippen molar-refractivity contribution in [1.29, 1.82) is 0 Å². The fourth-order valence-electron chi connectivity index (χ4n) is 9.03. The topological polar surface area (TPSA) is 22.8 Å². The number of nitrogens with zero attached hydrogens (tertiary/aromatic N) is 3. The molecular weight excluding hydrogens is 809 g/mol. The van der Waals surface area contributed by atoms with Crippen LogP contribution in [0.5, 0.6) is 0 Å². The van der Waals surface area contributed by atoms with E-state index in [0.717, 1.165) is 96.1 Å². The molecular formula is C49H25F6N3S2. The molecule has 0 bridgehead atoms. The highest BCUT2D eigenvalue weighted by Gasteiger charge is 2.37. The van der Waals surface area contributed by atoms with E-state index in [2.05, 4.69) is 36.4 Å². The first-order valence-electron chi connectivity index (χ1n) is 19.0. The van der Waals surface area contributed by atoms with Crippen LogP contribution in [-0.2, 0) is 12.4 Å². The minimum absolute atomic E-state index is 0.159. The van der Waals surface area contributed by atoms with Crippen molar-refractivity contribution in [3.05, 3.63) is 163 Å². The Balaban J connectivity index is 1.24. The largest absolute Gasteiger partial charge is 0.416 e. The van der Waals surface area contributed by atoms with Gasteiger partial charge in [-0.25, -0.2) is 4.98 Å². The Morgan fingerprint density at radius 1 is 0.433 bits per heavy atom. The van der Waals surface area contributed by atoms with E-state index in [0.29, 0.717) is 11.5 Å². The van der Waals surface area contributed by atoms with Gasteiger partial charge in [-0.2, -0.15) is 26.3 Å². The predicted molar refractivity (Wildman–Crippen MR) is 234 cm³/mol. The average molecular weight is 834 g/mol. The Kier molecular flexibility index (Phi) is 7.30. The number of fused-ring (bicyclic) bond motifs is 14. The fraction of sp³-hybridized carbons (Fsp3) is 0.0408. The number of benzene rings is 7. The normalized spacial score (nSPS) is 12.8. The van der Waals surface area contributed by atoms with E-state index in [1.165, 1.54) is 0 Å². The number of aromatic nitrogens is 3. The third-order valence-electron chi connectivity index (χ3n) is 11.6. The number of thiophene rings is 2. The van der Waals surface area contributed by atoms with Crippen molar-refractivity contribution < 1.29 is 26.3 Å². The SMILES string of the molecule is FC(F)(F)c1cc(-c2cc(-n3c4ccccc4c4ccc5c6ccccc6sc5c43)ncc2-n2c3ccccc3c3ccc4c5ccccc5sc4c32)cc(C(F)(F)F)c1. The van der Waals surface area contributed by atoms with E-state index in [9.17, 15) is 26.3 Å². The van der Waals surface area contributed by atoms with Crippen LogP contribution < -0.4 is 0 Å². The number of para-hydroxylation sites is 2. The molecule has 12 aromatic rings. The summed E-state index contributed by atoms with van der Waals surface area (Å²) in [6.07, 6.45) is -8.51. The molecule has 7 aromatic carbocycles. The van der Waals surface area contributed by atoms with Crippen LogP contribution in [0.4, 0.5) is 26.3 Å². The number of halogens is 6. The summed E-state index contributed by atoms with van der Waals surface area (Å²) in [7, 11) is 0. The molecule has 11 heteroatoms. The third kappa shape index (κ3) is 5.05. The van der Waals surface area contributed by atoms with E-state index >= 15 is 0 Å². The fourth-order valence-corrected chi connectivity index (χ4v) is 11.5. The molecule has 0 N–H and O–H groups in total. The van der Waals surface area contributed by atoms with Crippen molar-refractivity contribution in [3.8, 4) is 22.6 Å². The molecule has 0 fully saturated rings. The van der Waals surface area contributed by atoms with Crippen molar-refractivity contribution in [3.63, 3.8) is 0 Å². The van der Waals surface area contributed by atoms with Crippen LogP contribution in [0.3, 0.4) is 0 Å². The highest BCUT2D eigenvalue weighted by Crippen LogP contribution is 2.47. The van der Waals surface area contributed by atoms with Gasteiger partial charge in [0.15, 0.2) is 0 Å². The molecule has 0 aliphatic heterocycles. The molecule has 0 atom stereocenters. The molecule has 290 valence electrons. The van der Waals surface area contributed by atoms with Crippen molar-refractivity contribution in [2.45, 2.75) is 12.4 Å². The molecule has 0 saturated carbocycles. The molecule has 3 nitrogen and oxygen atoms in total. The summed E-state index contributed by atoms with van der Waals surface area (Å²) in [4.78, 5) is 5.11. The quantitative estimate of drug-likeness (QED) is 0.163. The van der Waals surface area contributed by atoms with E-state index in [1.807, 2.05) is 94.1 Å². The molecule has 0 saturated heterocycles. The molecule has 0 spiro atoms. The van der Waals surface area contributed by atoms with Gasteiger partial charge in [0.1, 0.15) is 5.82 Å². The number of hydrogen-bond donors (Lipinski definition) is 0. The number of hydrogen-bond acceptors (Lipinski definition) is 3. The van der Waals surface area contributed by atoms with Crippen LogP contribution in [0.1, 0.15) is 11.1 Å². The molecule has 0 radical (unpaired) electrons. The van der Waals surface area contributed by atoms with E-state index in [1.54, 1.807) is 34.9 Å². The van der Waals surface area contributed by atoms with Gasteiger partial charge < -0.3 is 4.57 Å². The highest BCUT2D eigenvalue weighted by atomic mass is 32.1. The Labute approximate surface area is 343 Å². The molecule has 0 unspecified atom stereocenters. The summed E-state index contributed by atoms with van der Waals surface area (Å²) >= 11 is 3.22. The van der Waals surface area contributed by atoms with E-state index in [-0.39, 0.29) is 17.2 Å². The van der Waals surface area contributed by atoms with Gasteiger partial charge in [-0.15, -0.1) is 22.7 Å². The van der Waals surface area contributed by atoms with Gasteiger partial charge in [0.25, 0.3) is 0 Å². The van der Waals surface area contributed by atoms with Gasteiger partial charge in [-0.05, 0) is 54.1 Å². The molecule has 60 heavy (non-hydrogen) atoms. The van der Waals surface area contributed by atoms with Crippen LogP contribution in [0.15, 0.2) is 152 Å². The molecule has 5 heterocycles. The number of pyridine rings is 1. The summed E-state index contributed by atoms with van der Waals surface area (Å²) in [6.45, 7) is 0. The Morgan fingerprint density at radius 3 is 1.42 bits per heavy atom. The second kappa shape index (κ2) is 12.4. The lowest BCUT2D eigenvalue weighted by molar-refractivity contribution is -0.143. The van der Waals surface area contributed by atoms with Gasteiger partial charge in [0, 0.05) is 58.1 Å². The summed E-state index contributed by atoms with van der Waals surface area (Å²) in [5.41, 5.74) is 0.652. The van der Waals surface area contributed by atoms with E-state index < -0.39 is 23.5 Å². The van der Waals surface area contributed by atoms with Crippen molar-refractivity contribution in [2.75, 3.05) is 0 Å². The van der Waals surface area contributed by atoms with Crippen molar-refractivity contribution in [2.24, 2.45) is 0 Å². The molecule has 5 aromatic heterocycles. The second-order valence-corrected chi connectivity index (χ2v) is 17.0. The summed E-state index contributed by atoms with van der Waals surface area (Å²) in [5.74, 6) is 0.351. The maximum absolute atomic E-state index is 14.6. The zero-order valence-corrected chi connectivity index (χ0v) is 32.5. The lowest BCUT2D eigenvalue weighted by atomic mass is 9.98. The lowest BCUT2D eigenvalue weighted by Crippen LogP contribution is -2.11. The summed E-state index contributed by atoms with van der Waals surface area (Å²) in [6, 6.07) is 43.4. The van der Waals surface area contributed by atoms with Crippen molar-refractivity contribution in [1.82, 2.24) is 14.1 Å². The number of rotatable bonds is 3. The average Bonchev–Trinajstić information content (AvgIpc) is 4.00. The van der Waals surface area contributed by atoms with Gasteiger partial charge in [-0.3, -0.25) is 4.57 Å². The third-order valence-corrected chi connectivity index (χ3v) is 14.0. The number of alkyl halides is 6. The molecule has 0 amide bonds. The Bertz CT molecular complexity index is 3740. The maximum atomic E-state index is 14.6. The monoisotopic (exact) mass is 833 g/mol. The van der Waals surface area contributed by atoms with Gasteiger partial charge in [0.05, 0.1) is 54.5 Å². The van der Waals surface area contributed by atoms with Crippen LogP contribution in [0.2, 0.25) is 0 Å². The van der Waals surface area contributed by atoms with Crippen LogP contribution >= 0.6 is 22.7 Å². The molecule has 0 aliphatic carbocycles. The van der Waals surface area contributed by atoms with Crippen LogP contribution in [0.25, 0.3) is 107 Å². The maximum Gasteiger partial charge on any atom is 0.416 e. The predicted octanol–water partition coefficient (Wildman–Crippen LogP) is 15.7. The van der Waals surface area contributed by atoms with E-state index in [4.69, 9.17) is 4.98 Å². The first-order valence-corrected chi connectivity index (χ1v) is 20.6. The lowest BCUT2D eigenvalue weighted by Gasteiger charge is -2.19.